The Morgan fingerprint density at radius 1 is 0.831 bits per heavy atom. The molecule has 0 aromatic heterocycles. The number of hydrogen-bond donors (Lipinski definition) is 7. The summed E-state index contributed by atoms with van der Waals surface area (Å²) in [6, 6.07) is 4.46. The van der Waals surface area contributed by atoms with E-state index in [0.29, 0.717) is 32.2 Å². The molecular formula is C42H67N7O10. The van der Waals surface area contributed by atoms with Gasteiger partial charge in [0.1, 0.15) is 18.2 Å². The molecule has 1 aromatic rings. The van der Waals surface area contributed by atoms with Crippen LogP contribution in [0.1, 0.15) is 92.1 Å². The fraction of sp³-hybridized carbons (Fsp3) is 0.667. The number of esters is 1. The SMILES string of the molecule is CCC(C)C(O)C(=O)NC(CC(C)C)C(=O)CNC(CCC(N)=O)C(=O)NC(C(=O)NCC(=O)CNC(Cc1ccccc1)C(=O)N1CCCC1C(=O)OC)C(C)CC. The molecule has 59 heavy (non-hydrogen) atoms. The van der Waals surface area contributed by atoms with E-state index in [-0.39, 0.29) is 56.5 Å². The summed E-state index contributed by atoms with van der Waals surface area (Å²) in [5.74, 6) is -5.13. The van der Waals surface area contributed by atoms with Gasteiger partial charge in [-0.1, -0.05) is 84.7 Å². The maximum absolute atomic E-state index is 13.7. The van der Waals surface area contributed by atoms with Crippen LogP contribution in [0.3, 0.4) is 0 Å². The van der Waals surface area contributed by atoms with Crippen molar-refractivity contribution in [2.75, 3.05) is 33.3 Å². The molecule has 1 saturated heterocycles. The van der Waals surface area contributed by atoms with E-state index in [4.69, 9.17) is 10.5 Å². The number of aliphatic hydroxyl groups is 1. The Morgan fingerprint density at radius 3 is 2.07 bits per heavy atom. The average molecular weight is 830 g/mol. The summed E-state index contributed by atoms with van der Waals surface area (Å²) in [7, 11) is 1.27. The van der Waals surface area contributed by atoms with Crippen LogP contribution in [0.2, 0.25) is 0 Å². The monoisotopic (exact) mass is 829 g/mol. The van der Waals surface area contributed by atoms with Gasteiger partial charge in [0.05, 0.1) is 44.9 Å². The number of ether oxygens (including phenoxy) is 1. The number of nitrogens with one attached hydrogen (secondary N) is 5. The molecule has 5 amide bonds. The van der Waals surface area contributed by atoms with E-state index in [1.165, 1.54) is 12.0 Å². The van der Waals surface area contributed by atoms with Gasteiger partial charge in [0.25, 0.3) is 0 Å². The Labute approximate surface area is 348 Å². The second-order valence-corrected chi connectivity index (χ2v) is 15.9. The van der Waals surface area contributed by atoms with Gasteiger partial charge in [-0.15, -0.1) is 0 Å². The van der Waals surface area contributed by atoms with Gasteiger partial charge in [-0.3, -0.25) is 44.2 Å². The van der Waals surface area contributed by atoms with Crippen LogP contribution in [0.25, 0.3) is 0 Å². The highest BCUT2D eigenvalue weighted by Crippen LogP contribution is 2.21. The third-order valence-corrected chi connectivity index (χ3v) is 10.8. The number of carbonyl (C=O) groups excluding carboxylic acids is 8. The number of Topliss-reactive ketones (excluding diaryl/α,β-unsaturated/α-hetero) is 2. The summed E-state index contributed by atoms with van der Waals surface area (Å²) in [4.78, 5) is 106. The highest BCUT2D eigenvalue weighted by Gasteiger charge is 2.38. The minimum Gasteiger partial charge on any atom is -0.467 e. The number of amides is 5. The molecule has 0 saturated carbocycles. The lowest BCUT2D eigenvalue weighted by Crippen LogP contribution is -2.57. The van der Waals surface area contributed by atoms with Gasteiger partial charge in [0.2, 0.25) is 29.5 Å². The second-order valence-electron chi connectivity index (χ2n) is 15.9. The summed E-state index contributed by atoms with van der Waals surface area (Å²) in [6.45, 7) is 10.2. The maximum Gasteiger partial charge on any atom is 0.328 e. The van der Waals surface area contributed by atoms with Crippen molar-refractivity contribution in [2.45, 2.75) is 129 Å². The van der Waals surface area contributed by atoms with Crippen LogP contribution in [0.4, 0.5) is 0 Å². The minimum absolute atomic E-state index is 0.00495. The Hall–Kier alpha value is -4.74. The summed E-state index contributed by atoms with van der Waals surface area (Å²) < 4.78 is 4.91. The molecule has 0 bridgehead atoms. The smallest absolute Gasteiger partial charge is 0.328 e. The highest BCUT2D eigenvalue weighted by molar-refractivity contribution is 5.95. The fourth-order valence-electron chi connectivity index (χ4n) is 6.70. The number of benzene rings is 1. The van der Waals surface area contributed by atoms with Gasteiger partial charge < -0.3 is 36.4 Å². The fourth-order valence-corrected chi connectivity index (χ4v) is 6.70. The maximum atomic E-state index is 13.7. The standard InChI is InChI=1S/C42H67N7O10/c1-8-26(5)36(48-38(54)30(17-18-35(43)52)45-24-34(51)31(20-25(3)4)47-40(56)37(53)27(6)9-2)39(55)46-23-29(50)22-44-32(21-28-14-11-10-12-15-28)41(57)49-19-13-16-33(49)42(58)59-7/h10-12,14-15,25-27,30-33,36-37,44-45,53H,8-9,13,16-24H2,1-7H3,(H2,43,52)(H,46,55)(H,47,56)(H,48,54). The second kappa shape index (κ2) is 25.7. The number of hydrogen-bond acceptors (Lipinski definition) is 12. The number of primary amides is 1. The molecule has 0 aliphatic carbocycles. The van der Waals surface area contributed by atoms with Crippen LogP contribution in [0.5, 0.6) is 0 Å². The Bertz CT molecular complexity index is 1580. The molecule has 1 aliphatic heterocycles. The van der Waals surface area contributed by atoms with E-state index in [0.717, 1.165) is 5.56 Å². The molecule has 1 fully saturated rings. The van der Waals surface area contributed by atoms with Crippen molar-refractivity contribution in [1.82, 2.24) is 31.5 Å². The lowest BCUT2D eigenvalue weighted by molar-refractivity contribution is -0.151. The van der Waals surface area contributed by atoms with Crippen LogP contribution in [-0.4, -0.2) is 127 Å². The molecule has 0 spiro atoms. The minimum atomic E-state index is -1.30. The normalized spacial score (nSPS) is 17.4. The number of carbonyl (C=O) groups is 8. The third-order valence-electron chi connectivity index (χ3n) is 10.8. The molecule has 8 atom stereocenters. The van der Waals surface area contributed by atoms with E-state index in [9.17, 15) is 43.5 Å². The van der Waals surface area contributed by atoms with Crippen molar-refractivity contribution >= 4 is 47.1 Å². The lowest BCUT2D eigenvalue weighted by atomic mass is 9.96. The highest BCUT2D eigenvalue weighted by atomic mass is 16.5. The number of aliphatic hydroxyl groups excluding tert-OH is 1. The molecule has 8 N–H and O–H groups in total. The van der Waals surface area contributed by atoms with Crippen LogP contribution in [-0.2, 0) is 49.5 Å². The summed E-state index contributed by atoms with van der Waals surface area (Å²) in [6.07, 6.45) is 1.04. The van der Waals surface area contributed by atoms with Crippen molar-refractivity contribution in [2.24, 2.45) is 23.5 Å². The van der Waals surface area contributed by atoms with Crippen LogP contribution >= 0.6 is 0 Å². The first-order valence-electron chi connectivity index (χ1n) is 20.7. The van der Waals surface area contributed by atoms with Gasteiger partial charge in [0.15, 0.2) is 11.6 Å². The van der Waals surface area contributed by atoms with Gasteiger partial charge in [0, 0.05) is 13.0 Å². The number of nitrogens with two attached hydrogens (primary N) is 1. The first-order valence-corrected chi connectivity index (χ1v) is 20.7. The van der Waals surface area contributed by atoms with Gasteiger partial charge in [-0.2, -0.15) is 0 Å². The quantitative estimate of drug-likeness (QED) is 0.0592. The van der Waals surface area contributed by atoms with E-state index in [1.54, 1.807) is 13.8 Å². The Morgan fingerprint density at radius 2 is 1.47 bits per heavy atom. The van der Waals surface area contributed by atoms with E-state index in [1.807, 2.05) is 58.0 Å². The predicted octanol–water partition coefficient (Wildman–Crippen LogP) is 0.298. The number of likely N-dealkylation sites (tertiary alicyclic amines) is 1. The zero-order chi connectivity index (χ0) is 44.2. The average Bonchev–Trinajstić information content (AvgIpc) is 3.71. The lowest BCUT2D eigenvalue weighted by Gasteiger charge is -2.28. The summed E-state index contributed by atoms with van der Waals surface area (Å²) >= 11 is 0. The molecule has 1 aliphatic rings. The van der Waals surface area contributed by atoms with Gasteiger partial charge in [-0.25, -0.2) is 4.79 Å². The Kier molecular flexibility index (Phi) is 21.9. The van der Waals surface area contributed by atoms with Gasteiger partial charge in [-0.05, 0) is 55.4 Å². The van der Waals surface area contributed by atoms with Crippen LogP contribution < -0.4 is 32.3 Å². The van der Waals surface area contributed by atoms with Gasteiger partial charge >= 0.3 is 5.97 Å². The van der Waals surface area contributed by atoms with Crippen LogP contribution in [0.15, 0.2) is 30.3 Å². The number of rotatable bonds is 27. The van der Waals surface area contributed by atoms with E-state index >= 15 is 0 Å². The molecule has 1 aromatic carbocycles. The predicted molar refractivity (Wildman–Crippen MR) is 220 cm³/mol. The number of ketones is 2. The molecule has 1 heterocycles. The van der Waals surface area contributed by atoms with E-state index < -0.39 is 89.9 Å². The topological polar surface area (TPSA) is 255 Å². The first-order chi connectivity index (χ1) is 27.9. The molecule has 330 valence electrons. The van der Waals surface area contributed by atoms with Crippen molar-refractivity contribution in [3.8, 4) is 0 Å². The van der Waals surface area contributed by atoms with Crippen molar-refractivity contribution in [1.29, 1.82) is 0 Å². The number of methoxy groups -OCH3 is 1. The summed E-state index contributed by atoms with van der Waals surface area (Å²) in [5, 5.41) is 24.2. The molecule has 8 unspecified atom stereocenters. The van der Waals surface area contributed by atoms with Crippen molar-refractivity contribution < 1.29 is 48.2 Å². The molecule has 17 heteroatoms. The Balaban J connectivity index is 2.13. The summed E-state index contributed by atoms with van der Waals surface area (Å²) in [5.41, 5.74) is 6.22. The van der Waals surface area contributed by atoms with Crippen LogP contribution in [0, 0.1) is 17.8 Å². The molecule has 17 nitrogen and oxygen atoms in total. The van der Waals surface area contributed by atoms with E-state index in [2.05, 4.69) is 26.6 Å². The molecule has 0 radical (unpaired) electrons. The zero-order valence-electron chi connectivity index (χ0n) is 35.7. The largest absolute Gasteiger partial charge is 0.467 e. The zero-order valence-corrected chi connectivity index (χ0v) is 35.7. The molecule has 2 rings (SSSR count). The first kappa shape index (κ1) is 50.4. The molecular weight excluding hydrogens is 763 g/mol. The number of nitrogens with zero attached hydrogens (tertiary/aromatic N) is 1. The third kappa shape index (κ3) is 16.8. The van der Waals surface area contributed by atoms with Crippen molar-refractivity contribution in [3.63, 3.8) is 0 Å². The van der Waals surface area contributed by atoms with Crippen molar-refractivity contribution in [3.05, 3.63) is 35.9 Å².